The lowest BCUT2D eigenvalue weighted by molar-refractivity contribution is -0.136. The summed E-state index contributed by atoms with van der Waals surface area (Å²) < 4.78 is 16.4. The minimum Gasteiger partial charge on any atom is -0.393 e. The zero-order valence-electron chi connectivity index (χ0n) is 21.3. The molecular weight excluding hydrogens is 483 g/mol. The number of amides is 1. The van der Waals surface area contributed by atoms with Crippen molar-refractivity contribution >= 4 is 17.5 Å². The second-order valence-electron chi connectivity index (χ2n) is 12.3. The number of fused-ring (bicyclic) bond motifs is 2. The molecule has 11 unspecified atom stereocenters. The highest BCUT2D eigenvalue weighted by Gasteiger charge is 2.55. The molecule has 5 N–H and O–H groups in total. The molecule has 0 aromatic rings. The highest BCUT2D eigenvalue weighted by atomic mass is 35.5. The van der Waals surface area contributed by atoms with Crippen molar-refractivity contribution in [3.05, 3.63) is 0 Å². The summed E-state index contributed by atoms with van der Waals surface area (Å²) in [7, 11) is 0. The van der Waals surface area contributed by atoms with Crippen molar-refractivity contribution in [1.82, 2.24) is 31.3 Å². The van der Waals surface area contributed by atoms with Crippen LogP contribution in [0.3, 0.4) is 0 Å². The van der Waals surface area contributed by atoms with Crippen LogP contribution in [0.25, 0.3) is 0 Å². The summed E-state index contributed by atoms with van der Waals surface area (Å²) in [5, 5.41) is 17.5. The van der Waals surface area contributed by atoms with Crippen molar-refractivity contribution in [2.24, 2.45) is 29.6 Å². The third-order valence-corrected chi connectivity index (χ3v) is 10.9. The zero-order chi connectivity index (χ0) is 24.8. The van der Waals surface area contributed by atoms with Crippen molar-refractivity contribution in [2.45, 2.75) is 87.3 Å². The molecule has 8 nitrogen and oxygen atoms in total. The number of hydrogen-bond acceptors (Lipinski definition) is 7. The maximum absolute atomic E-state index is 16.4. The van der Waals surface area contributed by atoms with E-state index in [0.29, 0.717) is 38.0 Å². The fraction of sp³-hybridized carbons (Fsp3) is 0.962. The summed E-state index contributed by atoms with van der Waals surface area (Å²) in [4.78, 5) is 17.2. The maximum atomic E-state index is 16.4. The summed E-state index contributed by atoms with van der Waals surface area (Å²) in [5.41, 5.74) is 6.13. The van der Waals surface area contributed by atoms with Crippen LogP contribution in [0.2, 0.25) is 0 Å². The maximum Gasteiger partial charge on any atom is 0.241 e. The lowest BCUT2D eigenvalue weighted by Gasteiger charge is -2.55. The van der Waals surface area contributed by atoms with E-state index < -0.39 is 6.17 Å². The number of carbonyl (C=O) groups is 1. The highest BCUT2D eigenvalue weighted by Crippen LogP contribution is 2.52. The van der Waals surface area contributed by atoms with Gasteiger partial charge in [-0.3, -0.25) is 25.8 Å². The first-order chi connectivity index (χ1) is 17.5. The van der Waals surface area contributed by atoms with Gasteiger partial charge < -0.3 is 10.0 Å². The topological polar surface area (TPSA) is 91.9 Å². The third-order valence-electron chi connectivity index (χ3n) is 10.4. The predicted molar refractivity (Wildman–Crippen MR) is 137 cm³/mol. The molecule has 3 aliphatic carbocycles. The molecule has 11 atom stereocenters. The molecule has 0 aromatic heterocycles. The predicted octanol–water partition coefficient (Wildman–Crippen LogP) is 1.00. The smallest absolute Gasteiger partial charge is 0.241 e. The Balaban J connectivity index is 1.12. The Kier molecular flexibility index (Phi) is 7.79. The molecule has 0 spiro atoms. The molecule has 3 saturated heterocycles. The first-order valence-corrected chi connectivity index (χ1v) is 14.9. The van der Waals surface area contributed by atoms with Gasteiger partial charge in [0.05, 0.1) is 12.3 Å². The van der Waals surface area contributed by atoms with E-state index in [2.05, 4.69) is 26.4 Å². The first-order valence-electron chi connectivity index (χ1n) is 14.5. The van der Waals surface area contributed by atoms with E-state index in [4.69, 9.17) is 11.6 Å². The van der Waals surface area contributed by atoms with Gasteiger partial charge in [0, 0.05) is 62.6 Å². The number of nitrogens with zero attached hydrogens (tertiary/aromatic N) is 2. The Morgan fingerprint density at radius 2 is 1.75 bits per heavy atom. The van der Waals surface area contributed by atoms with Crippen LogP contribution in [-0.4, -0.2) is 96.1 Å². The van der Waals surface area contributed by atoms with Crippen molar-refractivity contribution < 1.29 is 14.3 Å². The fourth-order valence-corrected chi connectivity index (χ4v) is 9.28. The summed E-state index contributed by atoms with van der Waals surface area (Å²) >= 11 is 7.09. The number of rotatable bonds is 3. The Morgan fingerprint density at radius 3 is 2.53 bits per heavy atom. The van der Waals surface area contributed by atoms with E-state index in [1.165, 1.54) is 19.3 Å². The van der Waals surface area contributed by atoms with E-state index in [-0.39, 0.29) is 53.4 Å². The van der Waals surface area contributed by atoms with Gasteiger partial charge in [-0.25, -0.2) is 9.82 Å². The monoisotopic (exact) mass is 526 g/mol. The van der Waals surface area contributed by atoms with Crippen molar-refractivity contribution in [2.75, 3.05) is 39.4 Å². The minimum atomic E-state index is -1.00. The van der Waals surface area contributed by atoms with Gasteiger partial charge in [-0.1, -0.05) is 19.3 Å². The number of carbonyl (C=O) groups excluding carboxylic acids is 1. The van der Waals surface area contributed by atoms with E-state index in [9.17, 15) is 9.90 Å². The SMILES string of the molecule is O=C(C1CCNN1)N1CCN(C2NCNC3C(F)C(C4CC(O)CC5CCCCC54)C(Cl)CC32)CC1. The zero-order valence-corrected chi connectivity index (χ0v) is 22.0. The van der Waals surface area contributed by atoms with E-state index in [1.54, 1.807) is 0 Å². The Labute approximate surface area is 219 Å². The normalized spacial score (nSPS) is 48.3. The van der Waals surface area contributed by atoms with Crippen LogP contribution in [0.15, 0.2) is 0 Å². The van der Waals surface area contributed by atoms with Gasteiger partial charge in [0.15, 0.2) is 0 Å². The number of aliphatic hydroxyl groups excluding tert-OH is 1. The third kappa shape index (κ3) is 4.82. The molecule has 6 aliphatic rings. The summed E-state index contributed by atoms with van der Waals surface area (Å²) in [5.74, 6) is 1.30. The van der Waals surface area contributed by atoms with Gasteiger partial charge in [-0.2, -0.15) is 0 Å². The number of hydrazine groups is 1. The standard InChI is InChI=1S/C26H44ClFN6O2/c27-20-13-19-24(23(28)22(20)18-12-16(35)11-15-3-1-2-4-17(15)18)29-14-30-25(19)33-7-9-34(10-8-33)26(36)21-5-6-31-32-21/h15-25,29-32,35H,1-14H2. The molecule has 0 bridgehead atoms. The van der Waals surface area contributed by atoms with Crippen molar-refractivity contribution in [1.29, 1.82) is 0 Å². The molecule has 10 heteroatoms. The number of halogens is 2. The molecule has 3 saturated carbocycles. The largest absolute Gasteiger partial charge is 0.393 e. The molecule has 0 aromatic carbocycles. The second kappa shape index (κ2) is 10.9. The molecule has 6 fully saturated rings. The summed E-state index contributed by atoms with van der Waals surface area (Å²) in [6, 6.07) is -0.342. The molecule has 0 radical (unpaired) electrons. The van der Waals surface area contributed by atoms with Gasteiger partial charge in [-0.15, -0.1) is 11.6 Å². The number of alkyl halides is 2. The van der Waals surface area contributed by atoms with Crippen LogP contribution in [0.5, 0.6) is 0 Å². The molecule has 36 heavy (non-hydrogen) atoms. The lowest BCUT2D eigenvalue weighted by atomic mass is 9.57. The summed E-state index contributed by atoms with van der Waals surface area (Å²) in [6.45, 7) is 4.40. The minimum absolute atomic E-state index is 0.0691. The van der Waals surface area contributed by atoms with Gasteiger partial charge in [0.25, 0.3) is 0 Å². The second-order valence-corrected chi connectivity index (χ2v) is 12.8. The van der Waals surface area contributed by atoms with Crippen LogP contribution in [0.1, 0.15) is 51.4 Å². The fourth-order valence-electron chi connectivity index (χ4n) is 8.75. The Bertz CT molecular complexity index is 782. The van der Waals surface area contributed by atoms with Crippen LogP contribution in [-0.2, 0) is 4.79 Å². The van der Waals surface area contributed by atoms with E-state index >= 15 is 4.39 Å². The van der Waals surface area contributed by atoms with Crippen molar-refractivity contribution in [3.63, 3.8) is 0 Å². The molecule has 3 heterocycles. The van der Waals surface area contributed by atoms with Crippen LogP contribution in [0, 0.1) is 29.6 Å². The Hall–Kier alpha value is -0.550. The molecule has 204 valence electrons. The molecule has 1 amide bonds. The average molecular weight is 527 g/mol. The van der Waals surface area contributed by atoms with Crippen molar-refractivity contribution in [3.8, 4) is 0 Å². The van der Waals surface area contributed by atoms with Crippen LogP contribution in [0.4, 0.5) is 4.39 Å². The number of piperazine rings is 1. The quantitative estimate of drug-likeness (QED) is 0.350. The average Bonchev–Trinajstić information content (AvgIpc) is 3.43. The highest BCUT2D eigenvalue weighted by molar-refractivity contribution is 6.21. The lowest BCUT2D eigenvalue weighted by Crippen LogP contribution is -2.71. The van der Waals surface area contributed by atoms with Gasteiger partial charge in [0.1, 0.15) is 12.2 Å². The van der Waals surface area contributed by atoms with Gasteiger partial charge in [-0.05, 0) is 49.9 Å². The van der Waals surface area contributed by atoms with Crippen LogP contribution < -0.4 is 21.5 Å². The number of nitrogens with one attached hydrogen (secondary N) is 4. The summed E-state index contributed by atoms with van der Waals surface area (Å²) in [6.07, 6.45) is 6.75. The van der Waals surface area contributed by atoms with Gasteiger partial charge in [0.2, 0.25) is 5.91 Å². The Morgan fingerprint density at radius 1 is 0.944 bits per heavy atom. The number of hydrogen-bond donors (Lipinski definition) is 5. The van der Waals surface area contributed by atoms with E-state index in [1.807, 2.05) is 4.90 Å². The first kappa shape index (κ1) is 25.7. The molecule has 6 rings (SSSR count). The number of aliphatic hydroxyl groups is 1. The van der Waals surface area contributed by atoms with Crippen LogP contribution >= 0.6 is 11.6 Å². The van der Waals surface area contributed by atoms with E-state index in [0.717, 1.165) is 45.3 Å². The van der Waals surface area contributed by atoms with Gasteiger partial charge >= 0.3 is 0 Å². The molecular formula is C26H44ClFN6O2. The molecule has 3 aliphatic heterocycles.